The summed E-state index contributed by atoms with van der Waals surface area (Å²) in [5.74, 6) is 1.04. The molecule has 2 heterocycles. The van der Waals surface area contributed by atoms with E-state index in [1.165, 1.54) is 11.1 Å². The topological polar surface area (TPSA) is 53.1 Å². The number of aromatic nitrogens is 2. The highest BCUT2D eigenvalue weighted by atomic mass is 15.1. The van der Waals surface area contributed by atoms with Gasteiger partial charge in [-0.15, -0.1) is 0 Å². The van der Waals surface area contributed by atoms with Crippen LogP contribution < -0.4 is 5.32 Å². The number of aryl methyl sites for hydroxylation is 1. The number of nitrogens with zero attached hydrogens (tertiary/aromatic N) is 3. The maximum absolute atomic E-state index is 9.91. The minimum absolute atomic E-state index is 0.653. The molecule has 0 saturated heterocycles. The lowest BCUT2D eigenvalue weighted by Crippen LogP contribution is -2.12. The van der Waals surface area contributed by atoms with Crippen LogP contribution in [0.5, 0.6) is 0 Å². The summed E-state index contributed by atoms with van der Waals surface area (Å²) in [7, 11) is 0. The molecule has 0 amide bonds. The standard InChI is InChI=1S/C24H24N4/c1-4-13-26-23-19(14-18-11-9-16(2)10-12-18)17(3)20(15-25)24-27-21-7-5-6-8-22(21)28(23)24/h5-12,26H,4,13-14H2,1-3H3. The molecule has 0 aliphatic carbocycles. The first-order valence-electron chi connectivity index (χ1n) is 9.76. The fourth-order valence-corrected chi connectivity index (χ4v) is 3.74. The summed E-state index contributed by atoms with van der Waals surface area (Å²) in [6.07, 6.45) is 1.80. The van der Waals surface area contributed by atoms with Crippen LogP contribution >= 0.6 is 0 Å². The fraction of sp³-hybridized carbons (Fsp3) is 0.250. The molecule has 28 heavy (non-hydrogen) atoms. The second kappa shape index (κ2) is 7.36. The number of hydrogen-bond acceptors (Lipinski definition) is 3. The van der Waals surface area contributed by atoms with Crippen molar-refractivity contribution in [3.05, 3.63) is 76.3 Å². The van der Waals surface area contributed by atoms with Crippen LogP contribution in [0.15, 0.2) is 48.5 Å². The number of nitrogens with one attached hydrogen (secondary N) is 1. The van der Waals surface area contributed by atoms with Crippen molar-refractivity contribution in [3.63, 3.8) is 0 Å². The summed E-state index contributed by atoms with van der Waals surface area (Å²) in [5.41, 5.74) is 7.96. The molecule has 0 unspecified atom stereocenters. The predicted molar refractivity (Wildman–Crippen MR) is 115 cm³/mol. The molecule has 0 bridgehead atoms. The van der Waals surface area contributed by atoms with Gasteiger partial charge in [0.15, 0.2) is 5.65 Å². The Morgan fingerprint density at radius 2 is 1.82 bits per heavy atom. The van der Waals surface area contributed by atoms with Crippen molar-refractivity contribution in [2.75, 3.05) is 11.9 Å². The number of hydrogen-bond donors (Lipinski definition) is 1. The van der Waals surface area contributed by atoms with Crippen LogP contribution in [0.4, 0.5) is 5.82 Å². The summed E-state index contributed by atoms with van der Waals surface area (Å²) in [6.45, 7) is 7.17. The Balaban J connectivity index is 2.03. The molecule has 0 spiro atoms. The minimum Gasteiger partial charge on any atom is -0.371 e. The normalized spacial score (nSPS) is 11.1. The average Bonchev–Trinajstić information content (AvgIpc) is 3.08. The van der Waals surface area contributed by atoms with E-state index in [2.05, 4.69) is 60.0 Å². The molecule has 140 valence electrons. The van der Waals surface area contributed by atoms with Gasteiger partial charge in [-0.25, -0.2) is 4.98 Å². The van der Waals surface area contributed by atoms with Crippen molar-refractivity contribution in [2.24, 2.45) is 0 Å². The van der Waals surface area contributed by atoms with Crippen molar-refractivity contribution in [1.29, 1.82) is 5.26 Å². The van der Waals surface area contributed by atoms with E-state index < -0.39 is 0 Å². The molecule has 4 rings (SSSR count). The number of pyridine rings is 1. The summed E-state index contributed by atoms with van der Waals surface area (Å²) in [5, 5.41) is 13.5. The van der Waals surface area contributed by atoms with E-state index in [1.54, 1.807) is 0 Å². The molecule has 2 aromatic heterocycles. The Bertz CT molecular complexity index is 1190. The third-order valence-corrected chi connectivity index (χ3v) is 5.28. The van der Waals surface area contributed by atoms with Gasteiger partial charge in [-0.1, -0.05) is 48.9 Å². The molecule has 0 radical (unpaired) electrons. The van der Waals surface area contributed by atoms with Gasteiger partial charge < -0.3 is 5.32 Å². The molecular formula is C24H24N4. The van der Waals surface area contributed by atoms with Gasteiger partial charge in [0.2, 0.25) is 0 Å². The average molecular weight is 368 g/mol. The van der Waals surface area contributed by atoms with Gasteiger partial charge in [-0.2, -0.15) is 5.26 Å². The van der Waals surface area contributed by atoms with Crippen molar-refractivity contribution >= 4 is 22.5 Å². The zero-order chi connectivity index (χ0) is 19.7. The van der Waals surface area contributed by atoms with Gasteiger partial charge in [0.25, 0.3) is 0 Å². The molecule has 0 saturated carbocycles. The highest BCUT2D eigenvalue weighted by Crippen LogP contribution is 2.32. The molecule has 0 atom stereocenters. The van der Waals surface area contributed by atoms with E-state index in [0.29, 0.717) is 5.56 Å². The van der Waals surface area contributed by atoms with Gasteiger partial charge in [-0.3, -0.25) is 4.40 Å². The van der Waals surface area contributed by atoms with Gasteiger partial charge in [0, 0.05) is 18.5 Å². The lowest BCUT2D eigenvalue weighted by Gasteiger charge is -2.19. The van der Waals surface area contributed by atoms with Crippen molar-refractivity contribution < 1.29 is 0 Å². The van der Waals surface area contributed by atoms with Gasteiger partial charge in [0.1, 0.15) is 11.9 Å². The Kier molecular flexibility index (Phi) is 4.75. The molecule has 4 heteroatoms. The zero-order valence-corrected chi connectivity index (χ0v) is 16.6. The highest BCUT2D eigenvalue weighted by Gasteiger charge is 2.20. The van der Waals surface area contributed by atoms with E-state index in [4.69, 9.17) is 4.98 Å². The Morgan fingerprint density at radius 1 is 1.07 bits per heavy atom. The predicted octanol–water partition coefficient (Wildman–Crippen LogP) is 5.39. The summed E-state index contributed by atoms with van der Waals surface area (Å²) in [6, 6.07) is 19.1. The molecular weight excluding hydrogens is 344 g/mol. The van der Waals surface area contributed by atoms with Gasteiger partial charge >= 0.3 is 0 Å². The maximum atomic E-state index is 9.91. The van der Waals surface area contributed by atoms with Crippen LogP contribution in [0.3, 0.4) is 0 Å². The number of fused-ring (bicyclic) bond motifs is 3. The maximum Gasteiger partial charge on any atom is 0.157 e. The number of benzene rings is 2. The third-order valence-electron chi connectivity index (χ3n) is 5.28. The molecule has 0 fully saturated rings. The van der Waals surface area contributed by atoms with E-state index in [-0.39, 0.29) is 0 Å². The van der Waals surface area contributed by atoms with Crippen LogP contribution in [0.1, 0.15) is 41.2 Å². The lowest BCUT2D eigenvalue weighted by atomic mass is 9.97. The monoisotopic (exact) mass is 368 g/mol. The number of imidazole rings is 1. The van der Waals surface area contributed by atoms with Gasteiger partial charge in [-0.05, 0) is 43.5 Å². The first-order valence-corrected chi connectivity index (χ1v) is 9.76. The summed E-state index contributed by atoms with van der Waals surface area (Å²) in [4.78, 5) is 4.78. The molecule has 0 aliphatic heterocycles. The highest BCUT2D eigenvalue weighted by molar-refractivity contribution is 5.86. The third kappa shape index (κ3) is 2.99. The largest absolute Gasteiger partial charge is 0.371 e. The van der Waals surface area contributed by atoms with E-state index in [1.807, 2.05) is 25.1 Å². The van der Waals surface area contributed by atoms with Crippen molar-refractivity contribution in [2.45, 2.75) is 33.6 Å². The van der Waals surface area contributed by atoms with E-state index in [9.17, 15) is 5.26 Å². The van der Waals surface area contributed by atoms with Crippen LogP contribution in [-0.4, -0.2) is 15.9 Å². The number of para-hydroxylation sites is 2. The number of nitriles is 1. The molecule has 1 N–H and O–H groups in total. The quantitative estimate of drug-likeness (QED) is 0.514. The van der Waals surface area contributed by atoms with Crippen molar-refractivity contribution in [3.8, 4) is 6.07 Å². The Hall–Kier alpha value is -3.32. The Morgan fingerprint density at radius 3 is 2.54 bits per heavy atom. The fourth-order valence-electron chi connectivity index (χ4n) is 3.74. The molecule has 0 aliphatic rings. The smallest absolute Gasteiger partial charge is 0.157 e. The van der Waals surface area contributed by atoms with Gasteiger partial charge in [0.05, 0.1) is 16.6 Å². The second-order valence-corrected chi connectivity index (χ2v) is 7.29. The van der Waals surface area contributed by atoms with Crippen LogP contribution in [-0.2, 0) is 6.42 Å². The van der Waals surface area contributed by atoms with Crippen molar-refractivity contribution in [1.82, 2.24) is 9.38 Å². The zero-order valence-electron chi connectivity index (χ0n) is 16.6. The summed E-state index contributed by atoms with van der Waals surface area (Å²) >= 11 is 0. The lowest BCUT2D eigenvalue weighted by molar-refractivity contribution is 0.950. The first kappa shape index (κ1) is 18.1. The summed E-state index contributed by atoms with van der Waals surface area (Å²) < 4.78 is 2.13. The Labute approximate surface area is 165 Å². The number of rotatable bonds is 5. The molecule has 4 aromatic rings. The molecule has 4 nitrogen and oxygen atoms in total. The number of anilines is 1. The first-order chi connectivity index (χ1) is 13.6. The minimum atomic E-state index is 0.653. The SMILES string of the molecule is CCCNc1c(Cc2ccc(C)cc2)c(C)c(C#N)c2nc3ccccc3n12. The van der Waals surface area contributed by atoms with Crippen LogP contribution in [0.2, 0.25) is 0 Å². The van der Waals surface area contributed by atoms with E-state index in [0.717, 1.165) is 53.0 Å². The van der Waals surface area contributed by atoms with Crippen LogP contribution in [0, 0.1) is 25.2 Å². The van der Waals surface area contributed by atoms with Crippen LogP contribution in [0.25, 0.3) is 16.7 Å². The second-order valence-electron chi connectivity index (χ2n) is 7.29. The van der Waals surface area contributed by atoms with E-state index >= 15 is 0 Å². The molecule has 2 aromatic carbocycles.